The minimum atomic E-state index is -0.303. The van der Waals surface area contributed by atoms with Crippen LogP contribution in [0.1, 0.15) is 42.5 Å². The van der Waals surface area contributed by atoms with Gasteiger partial charge in [-0.1, -0.05) is 29.8 Å². The Morgan fingerprint density at radius 1 is 0.976 bits per heavy atom. The van der Waals surface area contributed by atoms with E-state index in [4.69, 9.17) is 25.8 Å². The number of hydrogen-bond donors (Lipinski definition) is 0. The number of nitrogens with zero attached hydrogens (tertiary/aromatic N) is 2. The van der Waals surface area contributed by atoms with E-state index >= 15 is 0 Å². The Bertz CT molecular complexity index is 1370. The van der Waals surface area contributed by atoms with Gasteiger partial charge in [0.1, 0.15) is 17.3 Å². The van der Waals surface area contributed by atoms with Gasteiger partial charge < -0.3 is 19.1 Å². The summed E-state index contributed by atoms with van der Waals surface area (Å²) in [7, 11) is 0. The van der Waals surface area contributed by atoms with Gasteiger partial charge in [-0.15, -0.1) is 0 Å². The van der Waals surface area contributed by atoms with Gasteiger partial charge in [-0.05, 0) is 110 Å². The van der Waals surface area contributed by atoms with Crippen LogP contribution in [-0.2, 0) is 4.74 Å². The lowest BCUT2D eigenvalue weighted by Crippen LogP contribution is -2.37. The number of halogens is 2. The molecule has 3 aromatic rings. The number of rotatable bonds is 10. The molecule has 0 aliphatic carbocycles. The first-order chi connectivity index (χ1) is 19.9. The molecule has 41 heavy (non-hydrogen) atoms. The Morgan fingerprint density at radius 3 is 2.41 bits per heavy atom. The average molecular weight is 577 g/mol. The standard InChI is InChI=1S/C34H38ClFN2O3/c1-24-5-8-28(35)23-33(24)32-15-17-38(26(3)41-31-13-9-29(36)10-14-31)34(25(32)2)27-6-11-30(12-7-27)40-20-4-16-37-18-21-39-22-19-37/h5-14,23,34H,3-4,15-22H2,1-2H3. The lowest BCUT2D eigenvalue weighted by Gasteiger charge is -2.40. The van der Waals surface area contributed by atoms with Crippen LogP contribution in [-0.4, -0.2) is 55.8 Å². The minimum Gasteiger partial charge on any atom is -0.494 e. The summed E-state index contributed by atoms with van der Waals surface area (Å²) in [6.45, 7) is 14.6. The molecule has 2 aliphatic heterocycles. The predicted octanol–water partition coefficient (Wildman–Crippen LogP) is 7.66. The zero-order chi connectivity index (χ0) is 28.8. The van der Waals surface area contributed by atoms with Crippen LogP contribution in [0.3, 0.4) is 0 Å². The van der Waals surface area contributed by atoms with Crippen molar-refractivity contribution in [3.05, 3.63) is 112 Å². The summed E-state index contributed by atoms with van der Waals surface area (Å²) in [5.41, 5.74) is 5.97. The fourth-order valence-electron chi connectivity index (χ4n) is 5.67. The summed E-state index contributed by atoms with van der Waals surface area (Å²) >= 11 is 6.42. The van der Waals surface area contributed by atoms with Crippen molar-refractivity contribution in [3.8, 4) is 11.5 Å². The van der Waals surface area contributed by atoms with Crippen LogP contribution >= 0.6 is 11.6 Å². The highest BCUT2D eigenvalue weighted by Crippen LogP contribution is 2.43. The minimum absolute atomic E-state index is 0.0968. The Balaban J connectivity index is 1.36. The van der Waals surface area contributed by atoms with Gasteiger partial charge in [-0.2, -0.15) is 0 Å². The SMILES string of the molecule is C=C(Oc1ccc(F)cc1)N1CCC(c2cc(Cl)ccc2C)=C(C)C1c1ccc(OCCCN2CCOCC2)cc1. The lowest BCUT2D eigenvalue weighted by molar-refractivity contribution is 0.0358. The average Bonchev–Trinajstić information content (AvgIpc) is 2.98. The van der Waals surface area contributed by atoms with Gasteiger partial charge >= 0.3 is 0 Å². The molecule has 7 heteroatoms. The van der Waals surface area contributed by atoms with E-state index in [-0.39, 0.29) is 11.9 Å². The highest BCUT2D eigenvalue weighted by molar-refractivity contribution is 6.30. The van der Waals surface area contributed by atoms with Gasteiger partial charge in [0.2, 0.25) is 0 Å². The fourth-order valence-corrected chi connectivity index (χ4v) is 5.84. The third-order valence-corrected chi connectivity index (χ3v) is 8.12. The first-order valence-electron chi connectivity index (χ1n) is 14.3. The molecule has 1 unspecified atom stereocenters. The van der Waals surface area contributed by atoms with Crippen molar-refractivity contribution in [1.82, 2.24) is 9.80 Å². The number of morpholine rings is 1. The molecular formula is C34H38ClFN2O3. The number of benzene rings is 3. The Hall–Kier alpha value is -3.32. The Labute approximate surface area is 247 Å². The maximum absolute atomic E-state index is 13.5. The summed E-state index contributed by atoms with van der Waals surface area (Å²) in [6, 6.07) is 20.3. The molecule has 3 aromatic carbocycles. The molecule has 0 spiro atoms. The molecular weight excluding hydrogens is 539 g/mol. The second kappa shape index (κ2) is 13.6. The van der Waals surface area contributed by atoms with E-state index in [0.29, 0.717) is 24.8 Å². The molecule has 2 aliphatic rings. The second-order valence-electron chi connectivity index (χ2n) is 10.6. The van der Waals surface area contributed by atoms with E-state index in [1.165, 1.54) is 34.4 Å². The number of aryl methyl sites for hydroxylation is 1. The van der Waals surface area contributed by atoms with Crippen molar-refractivity contribution in [1.29, 1.82) is 0 Å². The third kappa shape index (κ3) is 7.31. The molecule has 0 bridgehead atoms. The second-order valence-corrected chi connectivity index (χ2v) is 11.1. The highest BCUT2D eigenvalue weighted by atomic mass is 35.5. The summed E-state index contributed by atoms with van der Waals surface area (Å²) in [5.74, 6) is 1.62. The molecule has 1 fully saturated rings. The number of hydrogen-bond acceptors (Lipinski definition) is 5. The highest BCUT2D eigenvalue weighted by Gasteiger charge is 2.31. The summed E-state index contributed by atoms with van der Waals surface area (Å²) in [4.78, 5) is 4.60. The van der Waals surface area contributed by atoms with E-state index in [9.17, 15) is 4.39 Å². The van der Waals surface area contributed by atoms with Crippen LogP contribution in [0.15, 0.2) is 84.8 Å². The molecule has 1 atom stereocenters. The van der Waals surface area contributed by atoms with E-state index in [0.717, 1.165) is 62.0 Å². The van der Waals surface area contributed by atoms with Crippen LogP contribution in [0.4, 0.5) is 4.39 Å². The van der Waals surface area contributed by atoms with Crippen LogP contribution in [0, 0.1) is 12.7 Å². The topological polar surface area (TPSA) is 34.2 Å². The number of ether oxygens (including phenoxy) is 3. The van der Waals surface area contributed by atoms with Crippen molar-refractivity contribution in [2.75, 3.05) is 46.0 Å². The fraction of sp³-hybridized carbons (Fsp3) is 0.353. The van der Waals surface area contributed by atoms with Crippen LogP contribution in [0.2, 0.25) is 5.02 Å². The quantitative estimate of drug-likeness (QED) is 0.183. The molecule has 1 saturated heterocycles. The summed E-state index contributed by atoms with van der Waals surface area (Å²) in [6.07, 6.45) is 1.79. The zero-order valence-corrected chi connectivity index (χ0v) is 24.6. The summed E-state index contributed by atoms with van der Waals surface area (Å²) in [5, 5.41) is 0.726. The van der Waals surface area contributed by atoms with Gasteiger partial charge in [0.05, 0.1) is 25.9 Å². The van der Waals surface area contributed by atoms with Crippen molar-refractivity contribution in [3.63, 3.8) is 0 Å². The van der Waals surface area contributed by atoms with Crippen LogP contribution < -0.4 is 9.47 Å². The van der Waals surface area contributed by atoms with E-state index < -0.39 is 0 Å². The molecule has 2 heterocycles. The van der Waals surface area contributed by atoms with E-state index in [1.807, 2.05) is 18.2 Å². The monoisotopic (exact) mass is 576 g/mol. The largest absolute Gasteiger partial charge is 0.494 e. The van der Waals surface area contributed by atoms with E-state index in [2.05, 4.69) is 54.5 Å². The van der Waals surface area contributed by atoms with Gasteiger partial charge in [-0.25, -0.2) is 4.39 Å². The Morgan fingerprint density at radius 2 is 1.68 bits per heavy atom. The molecule has 0 N–H and O–H groups in total. The molecule has 0 saturated carbocycles. The van der Waals surface area contributed by atoms with Gasteiger partial charge in [0.15, 0.2) is 5.88 Å². The van der Waals surface area contributed by atoms with Crippen molar-refractivity contribution >= 4 is 17.2 Å². The molecule has 5 rings (SSSR count). The zero-order valence-electron chi connectivity index (χ0n) is 23.9. The van der Waals surface area contributed by atoms with Crippen LogP contribution in [0.25, 0.3) is 5.57 Å². The van der Waals surface area contributed by atoms with Crippen molar-refractivity contribution < 1.29 is 18.6 Å². The van der Waals surface area contributed by atoms with Gasteiger partial charge in [-0.3, -0.25) is 4.90 Å². The summed E-state index contributed by atoms with van der Waals surface area (Å²) < 4.78 is 31.1. The first-order valence-corrected chi connectivity index (χ1v) is 14.6. The van der Waals surface area contributed by atoms with Gasteiger partial charge in [0, 0.05) is 31.2 Å². The van der Waals surface area contributed by atoms with E-state index in [1.54, 1.807) is 12.1 Å². The van der Waals surface area contributed by atoms with Crippen LogP contribution in [0.5, 0.6) is 11.5 Å². The molecule has 0 amide bonds. The van der Waals surface area contributed by atoms with Crippen molar-refractivity contribution in [2.45, 2.75) is 32.7 Å². The normalized spacial score (nSPS) is 18.0. The molecule has 216 valence electrons. The maximum Gasteiger partial charge on any atom is 0.189 e. The first kappa shape index (κ1) is 29.2. The smallest absolute Gasteiger partial charge is 0.189 e. The lowest BCUT2D eigenvalue weighted by atomic mass is 9.84. The predicted molar refractivity (Wildman–Crippen MR) is 163 cm³/mol. The molecule has 0 radical (unpaired) electrons. The van der Waals surface area contributed by atoms with Gasteiger partial charge in [0.25, 0.3) is 0 Å². The molecule has 5 nitrogen and oxygen atoms in total. The Kier molecular flexibility index (Phi) is 9.65. The maximum atomic E-state index is 13.5. The molecule has 0 aromatic heterocycles. The third-order valence-electron chi connectivity index (χ3n) is 7.88. The van der Waals surface area contributed by atoms with Crippen molar-refractivity contribution in [2.24, 2.45) is 0 Å².